The van der Waals surface area contributed by atoms with Crippen LogP contribution in [-0.4, -0.2) is 72.5 Å². The van der Waals surface area contributed by atoms with Crippen LogP contribution in [0.5, 0.6) is 0 Å². The average molecular weight is 464 g/mol. The number of rotatable bonds is 7. The highest BCUT2D eigenvalue weighted by atomic mass is 16.5. The van der Waals surface area contributed by atoms with Crippen molar-refractivity contribution in [3.8, 4) is 6.07 Å². The van der Waals surface area contributed by atoms with Gasteiger partial charge in [-0.25, -0.2) is 4.98 Å². The van der Waals surface area contributed by atoms with E-state index >= 15 is 0 Å². The third-order valence-corrected chi connectivity index (χ3v) is 7.69. The molecule has 1 aromatic rings. The third kappa shape index (κ3) is 4.29. The van der Waals surface area contributed by atoms with Gasteiger partial charge in [0, 0.05) is 51.4 Å². The lowest BCUT2D eigenvalue weighted by molar-refractivity contribution is -0.135. The molecule has 3 fully saturated rings. The van der Waals surface area contributed by atoms with Crippen LogP contribution in [0.1, 0.15) is 60.4 Å². The smallest absolute Gasteiger partial charge is 0.246 e. The molecule has 0 radical (unpaired) electrons. The van der Waals surface area contributed by atoms with Gasteiger partial charge in [0.2, 0.25) is 11.8 Å². The van der Waals surface area contributed by atoms with E-state index in [-0.39, 0.29) is 17.9 Å². The van der Waals surface area contributed by atoms with Gasteiger partial charge in [-0.3, -0.25) is 9.59 Å². The summed E-state index contributed by atoms with van der Waals surface area (Å²) in [6.45, 7) is 7.12. The molecule has 34 heavy (non-hydrogen) atoms. The third-order valence-electron chi connectivity index (χ3n) is 7.69. The fourth-order valence-corrected chi connectivity index (χ4v) is 5.54. The molecular formula is C26H33N5O3. The maximum atomic E-state index is 12.9. The molecule has 2 aliphatic heterocycles. The van der Waals surface area contributed by atoms with Crippen LogP contribution in [0.3, 0.4) is 0 Å². The molecule has 0 unspecified atom stereocenters. The lowest BCUT2D eigenvalue weighted by Crippen LogP contribution is -2.56. The molecule has 5 rings (SSSR count). The number of nitriles is 1. The van der Waals surface area contributed by atoms with Crippen LogP contribution in [0.15, 0.2) is 12.7 Å². The Morgan fingerprint density at radius 2 is 2.00 bits per heavy atom. The maximum Gasteiger partial charge on any atom is 0.246 e. The zero-order chi connectivity index (χ0) is 23.8. The van der Waals surface area contributed by atoms with Gasteiger partial charge in [-0.05, 0) is 55.2 Å². The molecule has 1 atom stereocenters. The second kappa shape index (κ2) is 9.38. The number of ether oxygens (including phenoxy) is 1. The van der Waals surface area contributed by atoms with Crippen LogP contribution < -0.4 is 4.90 Å². The Balaban J connectivity index is 1.47. The Labute approximate surface area is 201 Å². The summed E-state index contributed by atoms with van der Waals surface area (Å²) in [5.41, 5.74) is 3.84. The number of hydrogen-bond donors (Lipinski definition) is 0. The average Bonchev–Trinajstić information content (AvgIpc) is 3.78. The van der Waals surface area contributed by atoms with Crippen molar-refractivity contribution in [2.75, 3.05) is 44.8 Å². The van der Waals surface area contributed by atoms with Gasteiger partial charge in [0.05, 0.1) is 24.6 Å². The number of pyridine rings is 1. The minimum Gasteiger partial charge on any atom is -0.384 e. The Morgan fingerprint density at radius 3 is 2.65 bits per heavy atom. The number of nitrogens with zero attached hydrogens (tertiary/aromatic N) is 5. The van der Waals surface area contributed by atoms with E-state index in [9.17, 15) is 14.9 Å². The van der Waals surface area contributed by atoms with Crippen LogP contribution >= 0.6 is 0 Å². The van der Waals surface area contributed by atoms with Gasteiger partial charge in [-0.2, -0.15) is 5.26 Å². The Kier molecular flexibility index (Phi) is 6.30. The summed E-state index contributed by atoms with van der Waals surface area (Å²) in [5.74, 6) is 1.76. The number of fused-ring (bicyclic) bond motifs is 1. The number of aromatic nitrogens is 1. The second-order valence-corrected chi connectivity index (χ2v) is 9.93. The summed E-state index contributed by atoms with van der Waals surface area (Å²) in [4.78, 5) is 36.4. The number of carbonyl (C=O) groups excluding carboxylic acids is 2. The van der Waals surface area contributed by atoms with Crippen LogP contribution in [0, 0.1) is 17.2 Å². The largest absolute Gasteiger partial charge is 0.384 e. The summed E-state index contributed by atoms with van der Waals surface area (Å²) >= 11 is 0. The molecule has 2 aliphatic carbocycles. The van der Waals surface area contributed by atoms with Crippen molar-refractivity contribution in [1.82, 2.24) is 14.8 Å². The standard InChI is InChI=1S/C26H33N5O3/c1-3-23(32)29-10-8-19-21(15-29)20(14-27)26(28-25(19)18-6-7-18)30-11-12-31(24(33)9-13-34-2)22(16-30)17-4-5-17/h3,17-18,22H,1,4-13,15-16H2,2H3/t22-/m0/s1. The van der Waals surface area contributed by atoms with E-state index in [4.69, 9.17) is 9.72 Å². The summed E-state index contributed by atoms with van der Waals surface area (Å²) in [6.07, 6.45) is 7.02. The first kappa shape index (κ1) is 22.9. The molecule has 0 bridgehead atoms. The predicted octanol–water partition coefficient (Wildman–Crippen LogP) is 2.37. The lowest BCUT2D eigenvalue weighted by Gasteiger charge is -2.43. The van der Waals surface area contributed by atoms with E-state index < -0.39 is 0 Å². The van der Waals surface area contributed by atoms with E-state index in [1.165, 1.54) is 11.6 Å². The minimum atomic E-state index is -0.0992. The molecule has 8 nitrogen and oxygen atoms in total. The van der Waals surface area contributed by atoms with Gasteiger partial charge in [0.15, 0.2) is 0 Å². The first-order chi connectivity index (χ1) is 16.5. The molecule has 1 aromatic heterocycles. The van der Waals surface area contributed by atoms with Crippen LogP contribution in [0.4, 0.5) is 5.82 Å². The number of hydrogen-bond acceptors (Lipinski definition) is 6. The number of methoxy groups -OCH3 is 1. The number of carbonyl (C=O) groups is 2. The van der Waals surface area contributed by atoms with E-state index in [0.29, 0.717) is 63.2 Å². The molecule has 1 saturated heterocycles. The van der Waals surface area contributed by atoms with Crippen molar-refractivity contribution in [1.29, 1.82) is 5.26 Å². The Morgan fingerprint density at radius 1 is 1.21 bits per heavy atom. The highest BCUT2D eigenvalue weighted by Crippen LogP contribution is 2.45. The van der Waals surface area contributed by atoms with Gasteiger partial charge in [0.1, 0.15) is 11.9 Å². The van der Waals surface area contributed by atoms with E-state index in [1.807, 2.05) is 4.90 Å². The van der Waals surface area contributed by atoms with Gasteiger partial charge in [-0.1, -0.05) is 6.58 Å². The molecule has 0 spiro atoms. The molecule has 0 N–H and O–H groups in total. The fourth-order valence-electron chi connectivity index (χ4n) is 5.54. The number of piperazine rings is 1. The molecule has 2 saturated carbocycles. The monoisotopic (exact) mass is 463 g/mol. The van der Waals surface area contributed by atoms with Crippen molar-refractivity contribution < 1.29 is 14.3 Å². The first-order valence-corrected chi connectivity index (χ1v) is 12.5. The summed E-state index contributed by atoms with van der Waals surface area (Å²) in [6, 6.07) is 2.59. The van der Waals surface area contributed by atoms with Gasteiger partial charge in [0.25, 0.3) is 0 Å². The van der Waals surface area contributed by atoms with Crippen LogP contribution in [0.2, 0.25) is 0 Å². The van der Waals surface area contributed by atoms with E-state index in [2.05, 4.69) is 17.5 Å². The van der Waals surface area contributed by atoms with Crippen LogP contribution in [-0.2, 0) is 27.3 Å². The molecule has 4 aliphatic rings. The van der Waals surface area contributed by atoms with Crippen LogP contribution in [0.25, 0.3) is 0 Å². The zero-order valence-electron chi connectivity index (χ0n) is 20.0. The normalized spacial score (nSPS) is 22.2. The fraction of sp³-hybridized carbons (Fsp3) is 0.615. The molecule has 8 heteroatoms. The van der Waals surface area contributed by atoms with Crippen molar-refractivity contribution in [3.05, 3.63) is 35.0 Å². The molecule has 3 heterocycles. The lowest BCUT2D eigenvalue weighted by atomic mass is 9.92. The van der Waals surface area contributed by atoms with Gasteiger partial charge < -0.3 is 19.4 Å². The molecular weight excluding hydrogens is 430 g/mol. The van der Waals surface area contributed by atoms with Crippen molar-refractivity contribution in [3.63, 3.8) is 0 Å². The Hall–Kier alpha value is -2.92. The molecule has 180 valence electrons. The summed E-state index contributed by atoms with van der Waals surface area (Å²) in [7, 11) is 1.62. The topological polar surface area (TPSA) is 89.8 Å². The highest BCUT2D eigenvalue weighted by Gasteiger charge is 2.42. The van der Waals surface area contributed by atoms with E-state index in [1.54, 1.807) is 12.0 Å². The quantitative estimate of drug-likeness (QED) is 0.577. The van der Waals surface area contributed by atoms with Crippen molar-refractivity contribution >= 4 is 17.6 Å². The van der Waals surface area contributed by atoms with E-state index in [0.717, 1.165) is 49.2 Å². The number of anilines is 1. The van der Waals surface area contributed by atoms with Gasteiger partial charge in [-0.15, -0.1) is 0 Å². The molecule has 2 amide bonds. The number of amides is 2. The minimum absolute atomic E-state index is 0.0992. The summed E-state index contributed by atoms with van der Waals surface area (Å²) in [5, 5.41) is 10.2. The maximum absolute atomic E-state index is 12.9. The Bertz CT molecular complexity index is 1040. The summed E-state index contributed by atoms with van der Waals surface area (Å²) < 4.78 is 5.13. The first-order valence-electron chi connectivity index (χ1n) is 12.5. The highest BCUT2D eigenvalue weighted by molar-refractivity contribution is 5.87. The second-order valence-electron chi connectivity index (χ2n) is 9.93. The van der Waals surface area contributed by atoms with Gasteiger partial charge >= 0.3 is 0 Å². The predicted molar refractivity (Wildman–Crippen MR) is 127 cm³/mol. The SMILES string of the molecule is C=CC(=O)N1CCc2c(C3CC3)nc(N3CCN(C(=O)CCOC)[C@H](C4CC4)C3)c(C#N)c2C1. The molecule has 0 aromatic carbocycles. The van der Waals surface area contributed by atoms with Crippen molar-refractivity contribution in [2.45, 2.75) is 57.0 Å². The zero-order valence-corrected chi connectivity index (χ0v) is 20.0. The van der Waals surface area contributed by atoms with Crippen molar-refractivity contribution in [2.24, 2.45) is 5.92 Å².